The van der Waals surface area contributed by atoms with Crippen LogP contribution < -0.4 is 5.32 Å². The molecule has 422 valence electrons. The number of unbranched alkanes of at least 4 members (excludes halogenated alkanes) is 21. The van der Waals surface area contributed by atoms with Gasteiger partial charge in [-0.15, -0.1) is 0 Å². The van der Waals surface area contributed by atoms with Gasteiger partial charge in [0.25, 0.3) is 0 Å². The summed E-state index contributed by atoms with van der Waals surface area (Å²) >= 11 is 0. The largest absolute Gasteiger partial charge is 0.549 e. The normalized spacial score (nSPS) is 11.1. The van der Waals surface area contributed by atoms with E-state index in [4.69, 9.17) is 13.0 Å². The molecule has 0 aromatic heterocycles. The third kappa shape index (κ3) is 33.9. The van der Waals surface area contributed by atoms with Crippen LogP contribution in [-0.2, 0) is 89.2 Å². The molecule has 0 spiro atoms. The first-order valence-corrected chi connectivity index (χ1v) is 74.9. The van der Waals surface area contributed by atoms with Crippen molar-refractivity contribution >= 4 is 164 Å². The Morgan fingerprint density at radius 3 is 1.03 bits per heavy atom. The van der Waals surface area contributed by atoms with E-state index in [2.05, 4.69) is 19.2 Å². The van der Waals surface area contributed by atoms with Crippen LogP contribution in [0.3, 0.4) is 0 Å². The lowest BCUT2D eigenvalue weighted by Gasteiger charge is -2.22. The molecule has 0 fully saturated rings. The van der Waals surface area contributed by atoms with Crippen molar-refractivity contribution in [2.24, 2.45) is 0 Å². The smallest absolute Gasteiger partial charge is 0.457 e. The van der Waals surface area contributed by atoms with Gasteiger partial charge in [0.15, 0.2) is 8.32 Å². The molecule has 0 bridgehead atoms. The van der Waals surface area contributed by atoms with E-state index in [1.807, 2.05) is 13.1 Å². The molecule has 76 heavy (non-hydrogen) atoms. The molecule has 0 atom stereocenters. The zero-order chi connectivity index (χ0) is 58.4. The molecule has 0 aromatic rings. The van der Waals surface area contributed by atoms with E-state index in [1.165, 1.54) is 51.4 Å². The minimum Gasteiger partial charge on any atom is -0.457 e. The fourth-order valence-electron chi connectivity index (χ4n) is 7.46. The summed E-state index contributed by atoms with van der Waals surface area (Å²) in [6.07, 6.45) is 26.1. The van der Waals surface area contributed by atoms with Crippen LogP contribution in [0.1, 0.15) is 174 Å². The van der Waals surface area contributed by atoms with Crippen LogP contribution in [0.4, 0.5) is 0 Å². The highest BCUT2D eigenvalue weighted by Gasteiger charge is 2.55. The molecule has 21 nitrogen and oxygen atoms in total. The van der Waals surface area contributed by atoms with Gasteiger partial charge in [-0.1, -0.05) is 174 Å². The molecule has 41 heteroatoms. The molecule has 0 unspecified atom stereocenters. The maximum Gasteiger partial charge on any atom is 0.549 e. The number of hydrogen-bond acceptors (Lipinski definition) is 20. The summed E-state index contributed by atoms with van der Waals surface area (Å²) in [5, 5.41) is 3.00. The Morgan fingerprint density at radius 2 is 0.671 bits per heavy atom. The standard InChI is InChI=1S/C35H77NO18Si19.O2Si/c1-7-9-11-13-15-16-18-22-26-30-34-73(5,6)71(53)70(52)69(51)68(50)67(49)66(48)65(47)64(46)63(45)62(44)61(43)60(42)59(41)58(40)57(39)56(38)55-54-72(3,4)33-29-25-21-19-17-20-23-27-31-35(37)36-32-28-24-14-12-10-8-2;1-3-2/h7-34,55H2,1-6H3,(H,36,37);. The van der Waals surface area contributed by atoms with Gasteiger partial charge >= 0.3 is 133 Å². The van der Waals surface area contributed by atoms with E-state index < -0.39 is 158 Å². The number of carbonyl (C=O) groups excluding carboxylic acids is 1. The van der Waals surface area contributed by atoms with Crippen LogP contribution in [0.25, 0.3) is 0 Å². The van der Waals surface area contributed by atoms with E-state index in [1.54, 1.807) is 13.1 Å². The predicted octanol–water partition coefficient (Wildman–Crippen LogP) is 2.79. The second-order valence-corrected chi connectivity index (χ2v) is 114. The number of carbonyl (C=O) groups is 1. The minimum atomic E-state index is -4.30. The quantitative estimate of drug-likeness (QED) is 0.0676. The molecule has 0 aromatic carbocycles. The molecule has 1 N–H and O–H groups in total. The molecule has 0 aliphatic heterocycles. The van der Waals surface area contributed by atoms with Crippen molar-refractivity contribution in [3.8, 4) is 0 Å². The van der Waals surface area contributed by atoms with Gasteiger partial charge in [0, 0.05) is 13.0 Å². The van der Waals surface area contributed by atoms with Crippen LogP contribution in [0, 0.1) is 0 Å². The van der Waals surface area contributed by atoms with Crippen molar-refractivity contribution < 1.29 is 89.2 Å². The van der Waals surface area contributed by atoms with Gasteiger partial charge in [0.05, 0.1) is 0 Å². The number of rotatable bonds is 48. The molecule has 0 radical (unpaired) electrons. The Balaban J connectivity index is 0. The summed E-state index contributed by atoms with van der Waals surface area (Å²) in [7, 11) is -71.9. The summed E-state index contributed by atoms with van der Waals surface area (Å²) in [5.74, 6) is 0.112. The SMILES string of the molecule is CCCCCCCCCCCC[Si](C)(C)[Si](=O)[Si](=O)[Si](=O)[Si](=O)[Si](=O)[Si](=O)[Si](=O)[Si](=O)[Si](=O)[Si](=O)[Si](=O)[Si](=O)[Si](=O)[Si](=O)[Si](=O)[Si](=O)[SiH2]O[Si](C)(C)CCCCCCCCCCC(=O)NCCCCCCCC.O=[Si]=O. The minimum absolute atomic E-state index is 0.112. The highest BCUT2D eigenvalue weighted by Crippen LogP contribution is 2.19. The van der Waals surface area contributed by atoms with Crippen LogP contribution in [-0.4, -0.2) is 170 Å². The summed E-state index contributed by atoms with van der Waals surface area (Å²) < 4.78 is 230. The average Bonchev–Trinajstić information content (AvgIpc) is 3.39. The second-order valence-electron chi connectivity index (χ2n) is 19.8. The molecule has 0 rings (SSSR count). The van der Waals surface area contributed by atoms with Gasteiger partial charge in [-0.25, -0.2) is 0 Å². The van der Waals surface area contributed by atoms with E-state index in [0.717, 1.165) is 103 Å². The number of amides is 1. The van der Waals surface area contributed by atoms with Crippen molar-refractivity contribution in [1.82, 2.24) is 5.32 Å². The average molecular weight is 1390 g/mol. The zero-order valence-electron chi connectivity index (χ0n) is 45.2. The molecule has 1 amide bonds. The van der Waals surface area contributed by atoms with Gasteiger partial charge in [0.2, 0.25) is 15.2 Å². The van der Waals surface area contributed by atoms with Crippen molar-refractivity contribution in [3.05, 3.63) is 0 Å². The van der Waals surface area contributed by atoms with Crippen LogP contribution in [0.2, 0.25) is 38.3 Å². The Morgan fingerprint density at radius 1 is 0.395 bits per heavy atom. The Bertz CT molecular complexity index is 2220. The topological polar surface area (TPSA) is 346 Å². The van der Waals surface area contributed by atoms with E-state index in [0.29, 0.717) is 24.9 Å². The first-order valence-electron chi connectivity index (χ1n) is 26.3. The van der Waals surface area contributed by atoms with Gasteiger partial charge in [-0.05, 0) is 32.0 Å². The molecule has 0 aliphatic carbocycles. The molecular formula is C35H77NO20Si20. The number of nitrogens with one attached hydrogen (secondary N) is 1. The fourth-order valence-corrected chi connectivity index (χ4v) is 217. The van der Waals surface area contributed by atoms with E-state index in [9.17, 15) is 76.2 Å². The highest BCUT2D eigenvalue weighted by atomic mass is 30.1. The van der Waals surface area contributed by atoms with Crippen molar-refractivity contribution in [2.75, 3.05) is 6.54 Å². The molecule has 0 saturated heterocycles. The third-order valence-corrected chi connectivity index (χ3v) is 157. The Labute approximate surface area is 473 Å². The highest BCUT2D eigenvalue weighted by molar-refractivity contribution is 7.82. The van der Waals surface area contributed by atoms with Gasteiger partial charge < -0.3 is 80.8 Å². The molecular weight excluding hydrogens is 1320 g/mol. The van der Waals surface area contributed by atoms with Crippen molar-refractivity contribution in [3.63, 3.8) is 0 Å². The zero-order valence-corrected chi connectivity index (χ0v) is 65.6. The summed E-state index contributed by atoms with van der Waals surface area (Å²) in [6, 6.07) is 1.21. The van der Waals surface area contributed by atoms with E-state index >= 15 is 0 Å². The van der Waals surface area contributed by atoms with Gasteiger partial charge in [-0.2, -0.15) is 0 Å². The van der Waals surface area contributed by atoms with Crippen LogP contribution >= 0.6 is 0 Å². The van der Waals surface area contributed by atoms with Crippen LogP contribution in [0.5, 0.6) is 0 Å². The third-order valence-electron chi connectivity index (χ3n) is 12.3. The monoisotopic (exact) mass is 1390 g/mol. The first-order chi connectivity index (χ1) is 35.7. The number of hydrogen-bond donors (Lipinski definition) is 1. The van der Waals surface area contributed by atoms with Crippen molar-refractivity contribution in [2.45, 2.75) is 213 Å². The first kappa shape index (κ1) is 78.2. The predicted molar refractivity (Wildman–Crippen MR) is 304 cm³/mol. The summed E-state index contributed by atoms with van der Waals surface area (Å²) in [5.41, 5.74) is 0. The Hall–Kier alpha value is 0.168. The lowest BCUT2D eigenvalue weighted by Crippen LogP contribution is -2.57. The maximum atomic E-state index is 13.3. The maximum absolute atomic E-state index is 13.3. The Kier molecular flexibility index (Phi) is 47.0. The molecule has 0 aliphatic rings. The molecule has 0 heterocycles. The van der Waals surface area contributed by atoms with Gasteiger partial charge in [-0.3, -0.25) is 13.7 Å². The second kappa shape index (κ2) is 45.7. The summed E-state index contributed by atoms with van der Waals surface area (Å²) in [6.45, 7) is 12.3. The lowest BCUT2D eigenvalue weighted by molar-refractivity contribution is -0.121. The fraction of sp³-hybridized carbons (Fsp3) is 0.971. The lowest BCUT2D eigenvalue weighted by atomic mass is 10.1. The van der Waals surface area contributed by atoms with Crippen LogP contribution in [0.15, 0.2) is 0 Å². The summed E-state index contributed by atoms with van der Waals surface area (Å²) in [4.78, 5) is 12.0. The van der Waals surface area contributed by atoms with E-state index in [-0.39, 0.29) is 5.91 Å². The molecule has 0 saturated carbocycles. The van der Waals surface area contributed by atoms with Gasteiger partial charge in [0.1, 0.15) is 7.59 Å². The van der Waals surface area contributed by atoms with Crippen molar-refractivity contribution in [1.29, 1.82) is 0 Å².